The number of rotatable bonds is 10. The summed E-state index contributed by atoms with van der Waals surface area (Å²) in [5, 5.41) is 22.3. The Kier molecular flexibility index (Phi) is 8.27. The third kappa shape index (κ3) is 6.36. The molecule has 2 aliphatic carbocycles. The molecule has 3 N–H and O–H groups in total. The minimum absolute atomic E-state index is 0.257. The maximum atomic E-state index is 14.1. The van der Waals surface area contributed by atoms with E-state index in [-0.39, 0.29) is 18.8 Å². The summed E-state index contributed by atoms with van der Waals surface area (Å²) in [5.41, 5.74) is 0.978. The molecule has 3 fully saturated rings. The van der Waals surface area contributed by atoms with E-state index in [1.165, 1.54) is 6.33 Å². The average molecular weight is 704 g/mol. The number of ether oxygens (including phenoxy) is 1. The first-order valence-electron chi connectivity index (χ1n) is 16.2. The molecule has 4 aromatic rings. The fourth-order valence-corrected chi connectivity index (χ4v) is 6.30. The molecule has 3 aliphatic rings. The van der Waals surface area contributed by atoms with Gasteiger partial charge in [0.05, 0.1) is 23.3 Å². The van der Waals surface area contributed by atoms with Crippen molar-refractivity contribution in [3.63, 3.8) is 0 Å². The quantitative estimate of drug-likeness (QED) is 0.215. The van der Waals surface area contributed by atoms with Crippen molar-refractivity contribution in [1.29, 1.82) is 5.41 Å². The number of halogens is 4. The normalized spacial score (nSPS) is 19.3. The number of guanidine groups is 1. The van der Waals surface area contributed by atoms with Gasteiger partial charge in [-0.2, -0.15) is 23.4 Å². The van der Waals surface area contributed by atoms with Crippen molar-refractivity contribution < 1.29 is 27.5 Å². The Morgan fingerprint density at radius 1 is 1.12 bits per heavy atom. The van der Waals surface area contributed by atoms with Crippen molar-refractivity contribution in [3.8, 4) is 22.5 Å². The van der Waals surface area contributed by atoms with Gasteiger partial charge < -0.3 is 15.4 Å². The van der Waals surface area contributed by atoms with Crippen molar-refractivity contribution in [3.05, 3.63) is 77.3 Å². The molecular weight excluding hydrogens is 671 g/mol. The predicted molar refractivity (Wildman–Crippen MR) is 186 cm³/mol. The fraction of sp³-hybridized carbons (Fsp3) is 0.355. The Morgan fingerprint density at radius 2 is 1.84 bits per heavy atom. The smallest absolute Gasteiger partial charge is 0.411 e. The highest BCUT2D eigenvalue weighted by atomic mass is 35.5. The summed E-state index contributed by atoms with van der Waals surface area (Å²) >= 11 is 6.64. The molecule has 2 aromatic heterocycles. The van der Waals surface area contributed by atoms with Crippen LogP contribution in [0.15, 0.2) is 61.2 Å². The SMILES string of the molecule is BC(B)(B)n1ncnc1-c1cc([C@@H](COC(=O)NC2(C(F)(F)F)CC2)N2C(=N)N[C@H](c3ccc(-c4cnn(C5CC5)c4)cc3)C2=O)ccc1Cl. The number of alkyl halides is 3. The lowest BCUT2D eigenvalue weighted by Crippen LogP contribution is -2.48. The van der Waals surface area contributed by atoms with Crippen molar-refractivity contribution in [1.82, 2.24) is 40.1 Å². The minimum atomic E-state index is -4.64. The molecule has 1 aliphatic heterocycles. The summed E-state index contributed by atoms with van der Waals surface area (Å²) in [6.45, 7) is -0.556. The third-order valence-electron chi connectivity index (χ3n) is 9.22. The molecule has 2 atom stereocenters. The summed E-state index contributed by atoms with van der Waals surface area (Å²) in [5.74, 6) is -0.349. The highest BCUT2D eigenvalue weighted by Gasteiger charge is 2.64. The topological polar surface area (TPSA) is 143 Å². The van der Waals surface area contributed by atoms with Crippen LogP contribution in [0.25, 0.3) is 22.5 Å². The van der Waals surface area contributed by atoms with Gasteiger partial charge in [-0.05, 0) is 59.7 Å². The molecule has 0 bridgehead atoms. The summed E-state index contributed by atoms with van der Waals surface area (Å²) in [6, 6.07) is 10.6. The lowest BCUT2D eigenvalue weighted by atomic mass is 9.49. The van der Waals surface area contributed by atoms with E-state index in [1.807, 2.05) is 51.9 Å². The molecule has 2 saturated carbocycles. The number of nitrogens with zero attached hydrogens (tertiary/aromatic N) is 6. The first-order chi connectivity index (χ1) is 23.6. The van der Waals surface area contributed by atoms with Gasteiger partial charge in [-0.15, -0.1) is 0 Å². The van der Waals surface area contributed by atoms with Crippen LogP contribution in [-0.2, 0) is 14.8 Å². The van der Waals surface area contributed by atoms with Crippen LogP contribution in [-0.4, -0.2) is 89.3 Å². The van der Waals surface area contributed by atoms with Gasteiger partial charge in [-0.1, -0.05) is 41.9 Å². The van der Waals surface area contributed by atoms with Gasteiger partial charge >= 0.3 is 12.3 Å². The van der Waals surface area contributed by atoms with Crippen molar-refractivity contribution in [2.24, 2.45) is 0 Å². The maximum absolute atomic E-state index is 14.1. The predicted octanol–water partition coefficient (Wildman–Crippen LogP) is 2.23. The standard InChI is InChI=1S/C31H32B3ClF3N9O3/c32-31(33,34)47-25(40-15-42-47)21-11-18(5-8-22(21)35)23(14-50-28(49)44-29(9-10-29)30(36,37)38)46-26(48)24(43-27(46)39)17-3-1-16(2-4-17)19-12-41-45(13-19)20-6-7-20/h1-5,8,11-13,15,20,23-24H,6-7,9-10,14,32-34H2,(H2,39,43)(H,44,49)/t23-,24-/m1/s1. The van der Waals surface area contributed by atoms with Crippen LogP contribution in [0.4, 0.5) is 18.0 Å². The first-order valence-corrected chi connectivity index (χ1v) is 16.6. The van der Waals surface area contributed by atoms with Gasteiger partial charge in [0.15, 0.2) is 11.8 Å². The van der Waals surface area contributed by atoms with Crippen LogP contribution < -0.4 is 10.6 Å². The van der Waals surface area contributed by atoms with E-state index in [2.05, 4.69) is 20.5 Å². The minimum Gasteiger partial charge on any atom is -0.447 e. The number of alkyl carbamates (subject to hydrolysis) is 1. The second-order valence-corrected chi connectivity index (χ2v) is 14.3. The van der Waals surface area contributed by atoms with Gasteiger partial charge in [0.2, 0.25) is 0 Å². The van der Waals surface area contributed by atoms with E-state index in [1.54, 1.807) is 41.2 Å². The van der Waals surface area contributed by atoms with Crippen molar-refractivity contribution in [2.75, 3.05) is 6.61 Å². The van der Waals surface area contributed by atoms with Crippen LogP contribution >= 0.6 is 11.6 Å². The lowest BCUT2D eigenvalue weighted by Gasteiger charge is -2.28. The van der Waals surface area contributed by atoms with E-state index >= 15 is 0 Å². The molecule has 1 saturated heterocycles. The highest BCUT2D eigenvalue weighted by Crippen LogP contribution is 2.49. The Labute approximate surface area is 292 Å². The molecule has 0 unspecified atom stereocenters. The second-order valence-electron chi connectivity index (χ2n) is 13.9. The van der Waals surface area contributed by atoms with E-state index < -0.39 is 47.6 Å². The Bertz CT molecular complexity index is 1970. The van der Waals surface area contributed by atoms with Gasteiger partial charge in [0.25, 0.3) is 5.91 Å². The molecule has 256 valence electrons. The molecular formula is C31H32B3ClF3N9O3. The maximum Gasteiger partial charge on any atom is 0.411 e. The number of hydrogen-bond acceptors (Lipinski definition) is 7. The number of amides is 2. The Morgan fingerprint density at radius 3 is 2.48 bits per heavy atom. The zero-order valence-electron chi connectivity index (χ0n) is 27.5. The average Bonchev–Trinajstić information content (AvgIpc) is 3.92. The summed E-state index contributed by atoms with van der Waals surface area (Å²) < 4.78 is 49.7. The van der Waals surface area contributed by atoms with Gasteiger partial charge in [-0.3, -0.25) is 24.5 Å². The molecule has 0 radical (unpaired) electrons. The summed E-state index contributed by atoms with van der Waals surface area (Å²) in [4.78, 5) is 32.4. The van der Waals surface area contributed by atoms with Crippen LogP contribution in [0.1, 0.15) is 54.9 Å². The fourth-order valence-electron chi connectivity index (χ4n) is 6.09. The molecule has 50 heavy (non-hydrogen) atoms. The molecule has 2 amide bonds. The van der Waals surface area contributed by atoms with Gasteiger partial charge in [0, 0.05) is 17.3 Å². The Hall–Kier alpha value is -4.73. The monoisotopic (exact) mass is 703 g/mol. The van der Waals surface area contributed by atoms with Crippen LogP contribution in [0.2, 0.25) is 5.02 Å². The molecule has 0 spiro atoms. The van der Waals surface area contributed by atoms with Crippen molar-refractivity contribution in [2.45, 2.75) is 60.8 Å². The summed E-state index contributed by atoms with van der Waals surface area (Å²) in [6.07, 6.45) is 0.965. The molecule has 19 heteroatoms. The van der Waals surface area contributed by atoms with Gasteiger partial charge in [0.1, 0.15) is 48.1 Å². The number of carbonyl (C=O) groups excluding carboxylic acids is 2. The van der Waals surface area contributed by atoms with Crippen molar-refractivity contribution >= 4 is 53.1 Å². The zero-order chi connectivity index (χ0) is 35.6. The van der Waals surface area contributed by atoms with Crippen LogP contribution in [0.5, 0.6) is 0 Å². The lowest BCUT2D eigenvalue weighted by molar-refractivity contribution is -0.164. The zero-order valence-corrected chi connectivity index (χ0v) is 28.2. The first kappa shape index (κ1) is 33.8. The van der Waals surface area contributed by atoms with Gasteiger partial charge in [-0.25, -0.2) is 9.78 Å². The van der Waals surface area contributed by atoms with E-state index in [0.29, 0.717) is 33.6 Å². The number of nitrogens with one attached hydrogen (secondary N) is 3. The largest absolute Gasteiger partial charge is 0.447 e. The molecule has 12 nitrogen and oxygen atoms in total. The summed E-state index contributed by atoms with van der Waals surface area (Å²) in [7, 11) is 5.82. The Balaban J connectivity index is 1.18. The number of hydrogen-bond donors (Lipinski definition) is 3. The number of benzene rings is 2. The number of aromatic nitrogens is 5. The van der Waals surface area contributed by atoms with E-state index in [4.69, 9.17) is 21.7 Å². The molecule has 2 aromatic carbocycles. The molecule has 3 heterocycles. The third-order valence-corrected chi connectivity index (χ3v) is 9.55. The molecule has 7 rings (SSSR count). The van der Waals surface area contributed by atoms with E-state index in [9.17, 15) is 22.8 Å². The highest BCUT2D eigenvalue weighted by molar-refractivity contribution is 6.56. The van der Waals surface area contributed by atoms with Crippen LogP contribution in [0, 0.1) is 5.41 Å². The second kappa shape index (κ2) is 12.2. The number of carbonyl (C=O) groups is 2. The van der Waals surface area contributed by atoms with E-state index in [0.717, 1.165) is 28.9 Å². The van der Waals surface area contributed by atoms with Crippen LogP contribution in [0.3, 0.4) is 0 Å².